The van der Waals surface area contributed by atoms with Crippen molar-refractivity contribution >= 4 is 11.7 Å². The summed E-state index contributed by atoms with van der Waals surface area (Å²) in [5.41, 5.74) is -0.999. The molecule has 0 aromatic carbocycles. The lowest BCUT2D eigenvalue weighted by Crippen LogP contribution is -2.59. The van der Waals surface area contributed by atoms with Crippen molar-refractivity contribution in [2.75, 3.05) is 65.0 Å². The third-order valence-corrected chi connectivity index (χ3v) is 6.43. The molecular formula is C22H33F3N4O3. The third kappa shape index (κ3) is 6.87. The quantitative estimate of drug-likeness (QED) is 0.614. The van der Waals surface area contributed by atoms with E-state index in [2.05, 4.69) is 20.1 Å². The van der Waals surface area contributed by atoms with Gasteiger partial charge in [0, 0.05) is 65.0 Å². The van der Waals surface area contributed by atoms with Crippen LogP contribution in [0.25, 0.3) is 0 Å². The standard InChI is InChI=1S/C22H33F3N4O3/c1-31-17-14-28-10-12-29(13-11-28)21(8-15-32-16-9-21)7-3-6-20(30)27-19-5-2-4-18(26-19)22(23,24)25/h2,4-5H,3,6-17H2,1H3,(H,26,27,30). The number of halogens is 3. The highest BCUT2D eigenvalue weighted by Gasteiger charge is 2.39. The molecule has 1 aromatic heterocycles. The van der Waals surface area contributed by atoms with Crippen LogP contribution in [0.1, 0.15) is 37.8 Å². The summed E-state index contributed by atoms with van der Waals surface area (Å²) in [5, 5.41) is 2.50. The molecule has 2 aliphatic rings. The molecule has 0 bridgehead atoms. The molecule has 0 unspecified atom stereocenters. The normalized spacial score (nSPS) is 20.2. The molecule has 2 saturated heterocycles. The summed E-state index contributed by atoms with van der Waals surface area (Å²) < 4.78 is 49.2. The predicted octanol–water partition coefficient (Wildman–Crippen LogP) is 3.02. The molecule has 2 aliphatic heterocycles. The summed E-state index contributed by atoms with van der Waals surface area (Å²) in [5.74, 6) is -0.388. The van der Waals surface area contributed by atoms with Gasteiger partial charge >= 0.3 is 6.18 Å². The fraction of sp³-hybridized carbons (Fsp3) is 0.727. The Balaban J connectivity index is 1.51. The molecule has 180 valence electrons. The Labute approximate surface area is 187 Å². The van der Waals surface area contributed by atoms with E-state index in [9.17, 15) is 18.0 Å². The number of hydrogen-bond donors (Lipinski definition) is 1. The predicted molar refractivity (Wildman–Crippen MR) is 114 cm³/mol. The van der Waals surface area contributed by atoms with E-state index in [0.29, 0.717) is 19.6 Å². The molecule has 1 aromatic rings. The van der Waals surface area contributed by atoms with Crippen LogP contribution in [0.3, 0.4) is 0 Å². The molecule has 0 radical (unpaired) electrons. The van der Waals surface area contributed by atoms with Crippen molar-refractivity contribution in [2.45, 2.75) is 43.8 Å². The number of aromatic nitrogens is 1. The molecule has 0 aliphatic carbocycles. The molecule has 1 amide bonds. The maximum absolute atomic E-state index is 12.8. The second-order valence-electron chi connectivity index (χ2n) is 8.47. The topological polar surface area (TPSA) is 66.9 Å². The van der Waals surface area contributed by atoms with Crippen molar-refractivity contribution in [1.82, 2.24) is 14.8 Å². The van der Waals surface area contributed by atoms with Crippen LogP contribution in [-0.4, -0.2) is 85.9 Å². The fourth-order valence-corrected chi connectivity index (χ4v) is 4.59. The molecule has 2 fully saturated rings. The summed E-state index contributed by atoms with van der Waals surface area (Å²) in [6, 6.07) is 3.50. The first kappa shape index (κ1) is 24.9. The highest BCUT2D eigenvalue weighted by atomic mass is 19.4. The van der Waals surface area contributed by atoms with Crippen LogP contribution in [-0.2, 0) is 20.4 Å². The van der Waals surface area contributed by atoms with Crippen molar-refractivity contribution in [1.29, 1.82) is 0 Å². The number of ether oxygens (including phenoxy) is 2. The first-order valence-corrected chi connectivity index (χ1v) is 11.2. The molecule has 7 nitrogen and oxygen atoms in total. The number of amides is 1. The Hall–Kier alpha value is -1.75. The monoisotopic (exact) mass is 458 g/mol. The molecule has 3 rings (SSSR count). The van der Waals surface area contributed by atoms with Gasteiger partial charge in [0.2, 0.25) is 5.91 Å². The van der Waals surface area contributed by atoms with Gasteiger partial charge in [-0.3, -0.25) is 14.6 Å². The Bertz CT molecular complexity index is 733. The smallest absolute Gasteiger partial charge is 0.383 e. The van der Waals surface area contributed by atoms with Crippen LogP contribution in [0.4, 0.5) is 19.0 Å². The number of hydrogen-bond acceptors (Lipinski definition) is 6. The SMILES string of the molecule is COCCN1CCN(C2(CCCC(=O)Nc3cccc(C(F)(F)F)n3)CCOCC2)CC1. The first-order valence-electron chi connectivity index (χ1n) is 11.2. The van der Waals surface area contributed by atoms with Crippen LogP contribution in [0.15, 0.2) is 18.2 Å². The van der Waals surface area contributed by atoms with Crippen molar-refractivity contribution < 1.29 is 27.4 Å². The Morgan fingerprint density at radius 1 is 1.22 bits per heavy atom. The summed E-state index contributed by atoms with van der Waals surface area (Å²) in [6.07, 6.45) is -0.908. The highest BCUT2D eigenvalue weighted by molar-refractivity contribution is 5.89. The van der Waals surface area contributed by atoms with Gasteiger partial charge in [0.1, 0.15) is 11.5 Å². The van der Waals surface area contributed by atoms with Gasteiger partial charge in [0.15, 0.2) is 0 Å². The number of alkyl halides is 3. The van der Waals surface area contributed by atoms with E-state index in [1.807, 2.05) is 0 Å². The zero-order valence-electron chi connectivity index (χ0n) is 18.6. The van der Waals surface area contributed by atoms with Gasteiger partial charge in [0.05, 0.1) is 6.61 Å². The maximum Gasteiger partial charge on any atom is 0.433 e. The van der Waals surface area contributed by atoms with E-state index in [-0.39, 0.29) is 23.7 Å². The van der Waals surface area contributed by atoms with Gasteiger partial charge in [0.25, 0.3) is 0 Å². The molecular weight excluding hydrogens is 425 g/mol. The van der Waals surface area contributed by atoms with E-state index in [1.54, 1.807) is 7.11 Å². The summed E-state index contributed by atoms with van der Waals surface area (Å²) >= 11 is 0. The summed E-state index contributed by atoms with van der Waals surface area (Å²) in [7, 11) is 1.71. The van der Waals surface area contributed by atoms with Crippen LogP contribution in [0.2, 0.25) is 0 Å². The van der Waals surface area contributed by atoms with Crippen LogP contribution < -0.4 is 5.32 Å². The van der Waals surface area contributed by atoms with Crippen molar-refractivity contribution in [3.63, 3.8) is 0 Å². The van der Waals surface area contributed by atoms with Crippen molar-refractivity contribution in [2.24, 2.45) is 0 Å². The number of carbonyl (C=O) groups is 1. The summed E-state index contributed by atoms with van der Waals surface area (Å²) in [4.78, 5) is 20.8. The number of pyridine rings is 1. The lowest BCUT2D eigenvalue weighted by Gasteiger charge is -2.50. The van der Waals surface area contributed by atoms with Crippen LogP contribution in [0, 0.1) is 0 Å². The van der Waals surface area contributed by atoms with E-state index >= 15 is 0 Å². The Kier molecular flexibility index (Phi) is 8.87. The van der Waals surface area contributed by atoms with Crippen molar-refractivity contribution in [3.05, 3.63) is 23.9 Å². The minimum absolute atomic E-state index is 0.0142. The molecule has 0 saturated carbocycles. The van der Waals surface area contributed by atoms with Gasteiger partial charge in [-0.05, 0) is 37.8 Å². The largest absolute Gasteiger partial charge is 0.433 e. The first-order chi connectivity index (χ1) is 15.3. The van der Waals surface area contributed by atoms with E-state index in [1.165, 1.54) is 12.1 Å². The van der Waals surface area contributed by atoms with Gasteiger partial charge in [-0.2, -0.15) is 13.2 Å². The highest BCUT2D eigenvalue weighted by Crippen LogP contribution is 2.34. The molecule has 32 heavy (non-hydrogen) atoms. The zero-order chi connectivity index (χ0) is 23.0. The number of nitrogens with zero attached hydrogens (tertiary/aromatic N) is 3. The Morgan fingerprint density at radius 3 is 2.59 bits per heavy atom. The number of carbonyl (C=O) groups excluding carboxylic acids is 1. The van der Waals surface area contributed by atoms with Crippen molar-refractivity contribution in [3.8, 4) is 0 Å². The molecule has 1 N–H and O–H groups in total. The third-order valence-electron chi connectivity index (χ3n) is 6.43. The van der Waals surface area contributed by atoms with Gasteiger partial charge < -0.3 is 14.8 Å². The minimum atomic E-state index is -4.54. The maximum atomic E-state index is 12.8. The van der Waals surface area contributed by atoms with Gasteiger partial charge in [-0.15, -0.1) is 0 Å². The van der Waals surface area contributed by atoms with E-state index in [4.69, 9.17) is 9.47 Å². The van der Waals surface area contributed by atoms with E-state index < -0.39 is 11.9 Å². The second kappa shape index (κ2) is 11.4. The minimum Gasteiger partial charge on any atom is -0.383 e. The van der Waals surface area contributed by atoms with E-state index in [0.717, 1.165) is 64.7 Å². The number of methoxy groups -OCH3 is 1. The number of nitrogens with one attached hydrogen (secondary N) is 1. The molecule has 0 atom stereocenters. The van der Waals surface area contributed by atoms with Gasteiger partial charge in [-0.1, -0.05) is 6.07 Å². The Morgan fingerprint density at radius 2 is 1.94 bits per heavy atom. The average Bonchev–Trinajstić information content (AvgIpc) is 2.78. The molecule has 10 heteroatoms. The molecule has 3 heterocycles. The fourth-order valence-electron chi connectivity index (χ4n) is 4.59. The summed E-state index contributed by atoms with van der Waals surface area (Å²) in [6.45, 7) is 7.03. The number of piperazine rings is 1. The lowest BCUT2D eigenvalue weighted by atomic mass is 9.82. The number of anilines is 1. The average molecular weight is 459 g/mol. The number of rotatable bonds is 9. The second-order valence-corrected chi connectivity index (χ2v) is 8.47. The van der Waals surface area contributed by atoms with Crippen LogP contribution in [0.5, 0.6) is 0 Å². The van der Waals surface area contributed by atoms with Crippen LogP contribution >= 0.6 is 0 Å². The zero-order valence-corrected chi connectivity index (χ0v) is 18.6. The molecule has 0 spiro atoms. The van der Waals surface area contributed by atoms with Gasteiger partial charge in [-0.25, -0.2) is 4.98 Å². The lowest BCUT2D eigenvalue weighted by molar-refractivity contribution is -0.141.